The van der Waals surface area contributed by atoms with Gasteiger partial charge in [0.25, 0.3) is 0 Å². The van der Waals surface area contributed by atoms with Crippen molar-refractivity contribution in [1.82, 2.24) is 15.6 Å². The molecule has 0 radical (unpaired) electrons. The van der Waals surface area contributed by atoms with Gasteiger partial charge in [0.2, 0.25) is 5.88 Å². The smallest absolute Gasteiger partial charge is 0.219 e. The molecule has 0 saturated carbocycles. The summed E-state index contributed by atoms with van der Waals surface area (Å²) in [5, 5.41) is 6.56. The molecule has 0 saturated heterocycles. The summed E-state index contributed by atoms with van der Waals surface area (Å²) >= 11 is 0. The Morgan fingerprint density at radius 1 is 1.16 bits per heavy atom. The summed E-state index contributed by atoms with van der Waals surface area (Å²) in [6, 6.07) is 17.7. The highest BCUT2D eigenvalue weighted by atomic mass is 127. The van der Waals surface area contributed by atoms with Crippen molar-refractivity contribution in [1.29, 1.82) is 0 Å². The number of rotatable bonds is 6. The molecule has 3 aromatic rings. The molecule has 1 aromatic heterocycles. The largest absolute Gasteiger partial charge is 0.488 e. The average Bonchev–Trinajstić information content (AvgIpc) is 3.18. The van der Waals surface area contributed by atoms with Crippen LogP contribution >= 0.6 is 24.0 Å². The predicted octanol–water partition coefficient (Wildman–Crippen LogP) is 4.30. The molecular formula is C23H24FIN4O2. The Kier molecular flexibility index (Phi) is 8.05. The van der Waals surface area contributed by atoms with Crippen LogP contribution in [0, 0.1) is 5.82 Å². The molecule has 162 valence electrons. The Hall–Kier alpha value is -2.88. The number of para-hydroxylation sites is 1. The molecule has 1 unspecified atom stereocenters. The second kappa shape index (κ2) is 10.9. The summed E-state index contributed by atoms with van der Waals surface area (Å²) in [6.07, 6.45) is 2.68. The van der Waals surface area contributed by atoms with Crippen molar-refractivity contribution >= 4 is 29.9 Å². The van der Waals surface area contributed by atoms with E-state index in [1.54, 1.807) is 31.4 Å². The minimum Gasteiger partial charge on any atom is -0.488 e. The summed E-state index contributed by atoms with van der Waals surface area (Å²) in [4.78, 5) is 8.53. The van der Waals surface area contributed by atoms with E-state index in [9.17, 15) is 4.39 Å². The lowest BCUT2D eigenvalue weighted by Crippen LogP contribution is -2.41. The van der Waals surface area contributed by atoms with E-state index < -0.39 is 0 Å². The van der Waals surface area contributed by atoms with Crippen molar-refractivity contribution in [2.45, 2.75) is 19.1 Å². The lowest BCUT2D eigenvalue weighted by atomic mass is 10.1. The Morgan fingerprint density at radius 2 is 2.03 bits per heavy atom. The monoisotopic (exact) mass is 534 g/mol. The minimum absolute atomic E-state index is 0. The van der Waals surface area contributed by atoms with Crippen molar-refractivity contribution < 1.29 is 13.9 Å². The van der Waals surface area contributed by atoms with Crippen LogP contribution in [0.2, 0.25) is 0 Å². The fourth-order valence-corrected chi connectivity index (χ4v) is 3.21. The van der Waals surface area contributed by atoms with Crippen LogP contribution in [0.15, 0.2) is 71.9 Å². The predicted molar refractivity (Wildman–Crippen MR) is 129 cm³/mol. The maximum absolute atomic E-state index is 13.2. The summed E-state index contributed by atoms with van der Waals surface area (Å²) in [6.45, 7) is 1.21. The Labute approximate surface area is 197 Å². The van der Waals surface area contributed by atoms with E-state index in [2.05, 4.69) is 26.7 Å². The fourth-order valence-electron chi connectivity index (χ4n) is 3.21. The number of halogens is 2. The maximum atomic E-state index is 13.2. The molecule has 6 nitrogen and oxygen atoms in total. The van der Waals surface area contributed by atoms with Gasteiger partial charge in [-0.25, -0.2) is 9.37 Å². The van der Waals surface area contributed by atoms with Crippen molar-refractivity contribution in [3.63, 3.8) is 0 Å². The number of aliphatic imine (C=N–C) groups is 1. The van der Waals surface area contributed by atoms with Gasteiger partial charge in [0.15, 0.2) is 5.96 Å². The van der Waals surface area contributed by atoms with Crippen molar-refractivity contribution in [2.75, 3.05) is 13.6 Å². The van der Waals surface area contributed by atoms with Gasteiger partial charge in [0.05, 0.1) is 6.54 Å². The first-order valence-corrected chi connectivity index (χ1v) is 9.77. The summed E-state index contributed by atoms with van der Waals surface area (Å²) in [7, 11) is 1.73. The third kappa shape index (κ3) is 6.30. The van der Waals surface area contributed by atoms with E-state index in [0.717, 1.165) is 17.7 Å². The maximum Gasteiger partial charge on any atom is 0.219 e. The van der Waals surface area contributed by atoms with Gasteiger partial charge in [0.1, 0.15) is 23.4 Å². The van der Waals surface area contributed by atoms with Gasteiger partial charge in [-0.15, -0.1) is 24.0 Å². The molecule has 1 aliphatic heterocycles. The molecule has 8 heteroatoms. The number of guanidine groups is 1. The van der Waals surface area contributed by atoms with Crippen LogP contribution < -0.4 is 20.1 Å². The molecule has 1 aliphatic rings. The number of aromatic nitrogens is 1. The SMILES string of the molecule is CN=C(NCc1ccc(Oc2cccc(F)c2)nc1)NCC1Cc2ccccc2O1.I. The summed E-state index contributed by atoms with van der Waals surface area (Å²) in [5.41, 5.74) is 2.20. The molecule has 0 bridgehead atoms. The number of fused-ring (bicyclic) bond motifs is 1. The molecular weight excluding hydrogens is 510 g/mol. The third-order valence-electron chi connectivity index (χ3n) is 4.71. The lowest BCUT2D eigenvalue weighted by molar-refractivity contribution is 0.235. The fraction of sp³-hybridized carbons (Fsp3) is 0.217. The van der Waals surface area contributed by atoms with E-state index in [0.29, 0.717) is 30.7 Å². The summed E-state index contributed by atoms with van der Waals surface area (Å²) < 4.78 is 24.7. The molecule has 2 aromatic carbocycles. The first kappa shape index (κ1) is 22.8. The number of nitrogens with zero attached hydrogens (tertiary/aromatic N) is 2. The van der Waals surface area contributed by atoms with Gasteiger partial charge in [-0.05, 0) is 29.3 Å². The standard InChI is InChI=1S/C23H23FN4O2.HI/c1-25-23(28-15-20-11-17-5-2-3-8-21(17)29-20)27-14-16-9-10-22(26-13-16)30-19-7-4-6-18(24)12-19;/h2-10,12-13,20H,11,14-15H2,1H3,(H2,25,27,28);1H. The van der Waals surface area contributed by atoms with Crippen LogP contribution in [-0.2, 0) is 13.0 Å². The number of ether oxygens (including phenoxy) is 2. The van der Waals surface area contributed by atoms with E-state index in [1.165, 1.54) is 17.7 Å². The van der Waals surface area contributed by atoms with Crippen molar-refractivity contribution in [3.8, 4) is 17.4 Å². The highest BCUT2D eigenvalue weighted by Gasteiger charge is 2.22. The second-order valence-corrected chi connectivity index (χ2v) is 6.92. The Bertz CT molecular complexity index is 1010. The van der Waals surface area contributed by atoms with Crippen molar-refractivity contribution in [3.05, 3.63) is 83.8 Å². The van der Waals surface area contributed by atoms with Crippen LogP contribution in [0.3, 0.4) is 0 Å². The van der Waals surface area contributed by atoms with Crippen LogP contribution in [-0.4, -0.2) is 30.6 Å². The molecule has 2 heterocycles. The molecule has 0 fully saturated rings. The highest BCUT2D eigenvalue weighted by molar-refractivity contribution is 14.0. The zero-order valence-corrected chi connectivity index (χ0v) is 19.4. The zero-order chi connectivity index (χ0) is 20.8. The third-order valence-corrected chi connectivity index (χ3v) is 4.71. The van der Waals surface area contributed by atoms with Crippen LogP contribution in [0.25, 0.3) is 0 Å². The van der Waals surface area contributed by atoms with Gasteiger partial charge in [-0.2, -0.15) is 0 Å². The number of hydrogen-bond donors (Lipinski definition) is 2. The number of nitrogens with one attached hydrogen (secondary N) is 2. The molecule has 0 amide bonds. The first-order chi connectivity index (χ1) is 14.7. The van der Waals surface area contributed by atoms with E-state index >= 15 is 0 Å². The first-order valence-electron chi connectivity index (χ1n) is 9.77. The van der Waals surface area contributed by atoms with Gasteiger partial charge >= 0.3 is 0 Å². The number of hydrogen-bond acceptors (Lipinski definition) is 4. The normalized spacial score (nSPS) is 14.8. The van der Waals surface area contributed by atoms with Gasteiger partial charge in [-0.3, -0.25) is 4.99 Å². The summed E-state index contributed by atoms with van der Waals surface area (Å²) in [5.74, 6) is 2.12. The molecule has 4 rings (SSSR count). The number of benzene rings is 2. The molecule has 31 heavy (non-hydrogen) atoms. The van der Waals surface area contributed by atoms with Gasteiger partial charge in [-0.1, -0.05) is 30.3 Å². The van der Waals surface area contributed by atoms with E-state index in [4.69, 9.17) is 9.47 Å². The van der Waals surface area contributed by atoms with Gasteiger partial charge in [0, 0.05) is 38.3 Å². The van der Waals surface area contributed by atoms with Crippen LogP contribution in [0.4, 0.5) is 4.39 Å². The van der Waals surface area contributed by atoms with Crippen LogP contribution in [0.1, 0.15) is 11.1 Å². The number of pyridine rings is 1. The molecule has 0 spiro atoms. The van der Waals surface area contributed by atoms with E-state index in [1.807, 2.05) is 24.3 Å². The molecule has 2 N–H and O–H groups in total. The van der Waals surface area contributed by atoms with E-state index in [-0.39, 0.29) is 35.9 Å². The zero-order valence-electron chi connectivity index (χ0n) is 17.0. The molecule has 0 aliphatic carbocycles. The molecule has 1 atom stereocenters. The van der Waals surface area contributed by atoms with Crippen molar-refractivity contribution in [2.24, 2.45) is 4.99 Å². The highest BCUT2D eigenvalue weighted by Crippen LogP contribution is 2.27. The Morgan fingerprint density at radius 3 is 2.77 bits per heavy atom. The average molecular weight is 534 g/mol. The second-order valence-electron chi connectivity index (χ2n) is 6.92. The minimum atomic E-state index is -0.348. The quantitative estimate of drug-likeness (QED) is 0.281. The lowest BCUT2D eigenvalue weighted by Gasteiger charge is -2.15. The Balaban J connectivity index is 0.00000272. The van der Waals surface area contributed by atoms with Crippen LogP contribution in [0.5, 0.6) is 17.4 Å². The topological polar surface area (TPSA) is 67.8 Å². The van der Waals surface area contributed by atoms with Gasteiger partial charge < -0.3 is 20.1 Å².